The molecular formula is C18H13N3O2S. The van der Waals surface area contributed by atoms with Crippen molar-refractivity contribution in [2.45, 2.75) is 4.90 Å². The number of pyridine rings is 1. The molecule has 0 saturated heterocycles. The molecule has 2 heterocycles. The second-order valence-corrected chi connectivity index (χ2v) is 6.39. The Bertz CT molecular complexity index is 966. The van der Waals surface area contributed by atoms with E-state index in [1.807, 2.05) is 36.4 Å². The summed E-state index contributed by atoms with van der Waals surface area (Å²) in [6.07, 6.45) is 1.72. The van der Waals surface area contributed by atoms with Crippen molar-refractivity contribution >= 4 is 45.9 Å². The van der Waals surface area contributed by atoms with Crippen LogP contribution in [0, 0.1) is 0 Å². The molecule has 1 aromatic heterocycles. The van der Waals surface area contributed by atoms with Crippen molar-refractivity contribution in [2.75, 3.05) is 16.4 Å². The third-order valence-corrected chi connectivity index (χ3v) is 4.84. The van der Waals surface area contributed by atoms with E-state index in [9.17, 15) is 9.59 Å². The second kappa shape index (κ2) is 5.98. The normalized spacial score (nSPS) is 13.2. The molecule has 2 aromatic carbocycles. The summed E-state index contributed by atoms with van der Waals surface area (Å²) in [6, 6.07) is 14.7. The standard InChI is InChI=1S/C18H13N3O2S/c22-17-10-24-16-7-6-11(9-15(16)20-17)18(23)21-14-5-1-4-13-12(14)3-2-8-19-13/h1-9H,10H2,(H,20,22)(H,21,23). The molecule has 0 radical (unpaired) electrons. The molecular weight excluding hydrogens is 322 g/mol. The molecule has 4 rings (SSSR count). The summed E-state index contributed by atoms with van der Waals surface area (Å²) >= 11 is 1.47. The lowest BCUT2D eigenvalue weighted by Gasteiger charge is -2.17. The first-order valence-corrected chi connectivity index (χ1v) is 8.41. The van der Waals surface area contributed by atoms with Crippen LogP contribution < -0.4 is 10.6 Å². The minimum atomic E-state index is -0.223. The summed E-state index contributed by atoms with van der Waals surface area (Å²) < 4.78 is 0. The highest BCUT2D eigenvalue weighted by Gasteiger charge is 2.17. The molecule has 0 bridgehead atoms. The Morgan fingerprint density at radius 2 is 2.08 bits per heavy atom. The largest absolute Gasteiger partial charge is 0.324 e. The lowest BCUT2D eigenvalue weighted by atomic mass is 10.1. The number of fused-ring (bicyclic) bond motifs is 2. The molecule has 5 nitrogen and oxygen atoms in total. The van der Waals surface area contributed by atoms with Crippen LogP contribution in [-0.4, -0.2) is 22.6 Å². The first-order chi connectivity index (χ1) is 11.7. The second-order valence-electron chi connectivity index (χ2n) is 5.38. The maximum absolute atomic E-state index is 12.6. The average Bonchev–Trinajstić information content (AvgIpc) is 2.61. The minimum absolute atomic E-state index is 0.0508. The summed E-state index contributed by atoms with van der Waals surface area (Å²) in [5.41, 5.74) is 2.71. The zero-order valence-corrected chi connectivity index (χ0v) is 13.4. The summed E-state index contributed by atoms with van der Waals surface area (Å²) in [5, 5.41) is 6.60. The maximum Gasteiger partial charge on any atom is 0.255 e. The first kappa shape index (κ1) is 14.7. The third kappa shape index (κ3) is 2.72. The van der Waals surface area contributed by atoms with Gasteiger partial charge in [0.1, 0.15) is 0 Å². The van der Waals surface area contributed by atoms with E-state index in [0.717, 1.165) is 15.8 Å². The Labute approximate surface area is 142 Å². The number of benzene rings is 2. The van der Waals surface area contributed by atoms with Crippen molar-refractivity contribution in [3.05, 3.63) is 60.3 Å². The van der Waals surface area contributed by atoms with Gasteiger partial charge in [-0.3, -0.25) is 14.6 Å². The lowest BCUT2D eigenvalue weighted by Crippen LogP contribution is -2.20. The van der Waals surface area contributed by atoms with Crippen LogP contribution in [0.1, 0.15) is 10.4 Å². The molecule has 0 spiro atoms. The maximum atomic E-state index is 12.6. The molecule has 2 amide bonds. The SMILES string of the molecule is O=C1CSc2ccc(C(=O)Nc3cccc4ncccc34)cc2N1. The van der Waals surface area contributed by atoms with E-state index in [4.69, 9.17) is 0 Å². The number of nitrogens with zero attached hydrogens (tertiary/aromatic N) is 1. The van der Waals surface area contributed by atoms with Crippen LogP contribution in [0.2, 0.25) is 0 Å². The van der Waals surface area contributed by atoms with E-state index in [1.165, 1.54) is 11.8 Å². The number of hydrogen-bond donors (Lipinski definition) is 2. The monoisotopic (exact) mass is 335 g/mol. The van der Waals surface area contributed by atoms with E-state index in [-0.39, 0.29) is 11.8 Å². The Morgan fingerprint density at radius 1 is 1.17 bits per heavy atom. The quantitative estimate of drug-likeness (QED) is 0.751. The number of aromatic nitrogens is 1. The van der Waals surface area contributed by atoms with E-state index in [0.29, 0.717) is 22.7 Å². The Hall–Kier alpha value is -2.86. The van der Waals surface area contributed by atoms with Crippen LogP contribution in [0.3, 0.4) is 0 Å². The molecule has 0 aliphatic carbocycles. The molecule has 0 saturated carbocycles. The zero-order valence-electron chi connectivity index (χ0n) is 12.6. The van der Waals surface area contributed by atoms with E-state index in [1.54, 1.807) is 18.3 Å². The van der Waals surface area contributed by atoms with Gasteiger partial charge in [0.2, 0.25) is 5.91 Å². The molecule has 1 aliphatic rings. The number of amides is 2. The predicted octanol–water partition coefficient (Wildman–Crippen LogP) is 3.53. The van der Waals surface area contributed by atoms with Crippen LogP contribution >= 0.6 is 11.8 Å². The lowest BCUT2D eigenvalue weighted by molar-refractivity contribution is -0.113. The summed E-state index contributed by atoms with van der Waals surface area (Å²) in [5.74, 6) is 0.130. The van der Waals surface area contributed by atoms with Gasteiger partial charge < -0.3 is 10.6 Å². The van der Waals surface area contributed by atoms with Crippen molar-refractivity contribution in [1.29, 1.82) is 0 Å². The number of anilines is 2. The molecule has 0 unspecified atom stereocenters. The molecule has 1 aliphatic heterocycles. The van der Waals surface area contributed by atoms with Crippen LogP contribution in [0.5, 0.6) is 0 Å². The molecule has 24 heavy (non-hydrogen) atoms. The Balaban J connectivity index is 1.64. The fraction of sp³-hybridized carbons (Fsp3) is 0.0556. The highest BCUT2D eigenvalue weighted by Crippen LogP contribution is 2.32. The van der Waals surface area contributed by atoms with Crippen molar-refractivity contribution in [1.82, 2.24) is 4.98 Å². The number of carbonyl (C=O) groups is 2. The molecule has 0 fully saturated rings. The van der Waals surface area contributed by atoms with Gasteiger partial charge in [0.25, 0.3) is 5.91 Å². The van der Waals surface area contributed by atoms with Gasteiger partial charge in [0.15, 0.2) is 0 Å². The highest BCUT2D eigenvalue weighted by atomic mass is 32.2. The van der Waals surface area contributed by atoms with Crippen LogP contribution in [0.15, 0.2) is 59.6 Å². The van der Waals surface area contributed by atoms with Gasteiger partial charge in [-0.25, -0.2) is 0 Å². The van der Waals surface area contributed by atoms with E-state index >= 15 is 0 Å². The molecule has 6 heteroatoms. The summed E-state index contributed by atoms with van der Waals surface area (Å²) in [6.45, 7) is 0. The van der Waals surface area contributed by atoms with Gasteiger partial charge in [-0.1, -0.05) is 6.07 Å². The molecule has 118 valence electrons. The number of carbonyl (C=O) groups excluding carboxylic acids is 2. The number of hydrogen-bond acceptors (Lipinski definition) is 4. The molecule has 3 aromatic rings. The van der Waals surface area contributed by atoms with E-state index in [2.05, 4.69) is 15.6 Å². The minimum Gasteiger partial charge on any atom is -0.324 e. The zero-order chi connectivity index (χ0) is 16.5. The van der Waals surface area contributed by atoms with Gasteiger partial charge in [-0.15, -0.1) is 11.8 Å². The van der Waals surface area contributed by atoms with Crippen LogP contribution in [0.25, 0.3) is 10.9 Å². The molecule has 2 N–H and O–H groups in total. The predicted molar refractivity (Wildman–Crippen MR) is 95.5 cm³/mol. The van der Waals surface area contributed by atoms with Crippen LogP contribution in [0.4, 0.5) is 11.4 Å². The van der Waals surface area contributed by atoms with Crippen molar-refractivity contribution in [3.63, 3.8) is 0 Å². The average molecular weight is 335 g/mol. The third-order valence-electron chi connectivity index (χ3n) is 3.77. The van der Waals surface area contributed by atoms with Crippen molar-refractivity contribution in [3.8, 4) is 0 Å². The fourth-order valence-electron chi connectivity index (χ4n) is 2.63. The van der Waals surface area contributed by atoms with Gasteiger partial charge in [-0.05, 0) is 42.5 Å². The first-order valence-electron chi connectivity index (χ1n) is 7.42. The summed E-state index contributed by atoms with van der Waals surface area (Å²) in [7, 11) is 0. The van der Waals surface area contributed by atoms with Crippen LogP contribution in [-0.2, 0) is 4.79 Å². The Kier molecular flexibility index (Phi) is 3.66. The van der Waals surface area contributed by atoms with Gasteiger partial charge >= 0.3 is 0 Å². The molecule has 0 atom stereocenters. The van der Waals surface area contributed by atoms with Gasteiger partial charge in [0, 0.05) is 22.0 Å². The number of rotatable bonds is 2. The topological polar surface area (TPSA) is 71.1 Å². The number of thioether (sulfide) groups is 1. The summed E-state index contributed by atoms with van der Waals surface area (Å²) in [4.78, 5) is 29.3. The Morgan fingerprint density at radius 3 is 3.00 bits per heavy atom. The van der Waals surface area contributed by atoms with Crippen molar-refractivity contribution in [2.24, 2.45) is 0 Å². The number of nitrogens with one attached hydrogen (secondary N) is 2. The van der Waals surface area contributed by atoms with E-state index < -0.39 is 0 Å². The highest BCUT2D eigenvalue weighted by molar-refractivity contribution is 8.00. The van der Waals surface area contributed by atoms with Gasteiger partial charge in [-0.2, -0.15) is 0 Å². The van der Waals surface area contributed by atoms with Crippen molar-refractivity contribution < 1.29 is 9.59 Å². The smallest absolute Gasteiger partial charge is 0.255 e. The van der Waals surface area contributed by atoms with Gasteiger partial charge in [0.05, 0.1) is 22.6 Å². The fourth-order valence-corrected chi connectivity index (χ4v) is 3.42.